The summed E-state index contributed by atoms with van der Waals surface area (Å²) in [6.45, 7) is 4.52. The highest BCUT2D eigenvalue weighted by atomic mass is 31.2. The molecule has 17 nitrogen and oxygen atoms in total. The lowest BCUT2D eigenvalue weighted by atomic mass is 10.1. The third-order valence-electron chi connectivity index (χ3n) is 15.2. The Morgan fingerprint density at radius 2 is 0.552 bits per heavy atom. The fourth-order valence-corrected chi connectivity index (χ4v) is 11.1. The zero-order valence-corrected chi connectivity index (χ0v) is 61.8. The van der Waals surface area contributed by atoms with Crippen LogP contribution in [0.3, 0.4) is 0 Å². The second kappa shape index (κ2) is 69.2. The smallest absolute Gasteiger partial charge is 0.462 e. The number of unbranched alkanes of at least 4 members (excludes halogenated alkanes) is 25. The van der Waals surface area contributed by atoms with Crippen molar-refractivity contribution in [3.8, 4) is 0 Å². The maximum Gasteiger partial charge on any atom is 0.472 e. The fourth-order valence-electron chi connectivity index (χ4n) is 9.55. The molecule has 0 aromatic carbocycles. The number of phosphoric ester groups is 2. The minimum Gasteiger partial charge on any atom is -0.462 e. The second-order valence-corrected chi connectivity index (χ2v) is 27.4. The van der Waals surface area contributed by atoms with Crippen LogP contribution in [0.15, 0.2) is 109 Å². The van der Waals surface area contributed by atoms with E-state index < -0.39 is 97.5 Å². The quantitative estimate of drug-likeness (QED) is 0.0169. The lowest BCUT2D eigenvalue weighted by Crippen LogP contribution is -2.30. The van der Waals surface area contributed by atoms with Gasteiger partial charge in [-0.2, -0.15) is 0 Å². The number of aliphatic hydroxyl groups excluding tert-OH is 1. The molecule has 0 saturated heterocycles. The average molecular weight is 1390 g/mol. The van der Waals surface area contributed by atoms with E-state index in [2.05, 4.69) is 137 Å². The predicted molar refractivity (Wildman–Crippen MR) is 390 cm³/mol. The van der Waals surface area contributed by atoms with Gasteiger partial charge in [0.15, 0.2) is 12.2 Å². The van der Waals surface area contributed by atoms with Gasteiger partial charge in [0.25, 0.3) is 0 Å². The van der Waals surface area contributed by atoms with E-state index >= 15 is 0 Å². The standard InChI is InChI=1S/C77H132O17P2/c1-5-9-13-17-21-25-29-32-35-38-42-45-49-53-57-61-74(79)87-67-72(93-76(81)63-59-55-51-47-41-28-24-20-16-12-8-4)69-91-95(83,84)89-65-71(78)66-90-96(85,86)92-70-73(94-77(82)64-60-56-52-48-44-40-37-34-31-27-23-19-15-11-7-3)68-88-75(80)62-58-54-50-46-43-39-36-33-30-26-22-18-14-10-6-2/h9-10,13-14,20-27,32-37,71-73,78H,5-8,11-12,15-19,28-31,38-70H2,1-4H3,(H,83,84)(H,85,86)/b13-9-,14-10-,24-20-,25-21-,26-22-,27-23-,35-32-,36-33-,37-34-. The summed E-state index contributed by atoms with van der Waals surface area (Å²) in [6, 6.07) is 0. The first kappa shape index (κ1) is 91.7. The zero-order valence-electron chi connectivity index (χ0n) is 60.0. The lowest BCUT2D eigenvalue weighted by molar-refractivity contribution is -0.161. The van der Waals surface area contributed by atoms with Crippen molar-refractivity contribution in [3.63, 3.8) is 0 Å². The number of ether oxygens (including phenoxy) is 4. The van der Waals surface area contributed by atoms with Gasteiger partial charge in [-0.05, 0) is 141 Å². The Morgan fingerprint density at radius 1 is 0.302 bits per heavy atom. The van der Waals surface area contributed by atoms with E-state index in [1.165, 1.54) is 32.1 Å². The van der Waals surface area contributed by atoms with Crippen LogP contribution in [0.2, 0.25) is 0 Å². The number of carbonyl (C=O) groups is 4. The highest BCUT2D eigenvalue weighted by molar-refractivity contribution is 7.47. The van der Waals surface area contributed by atoms with Crippen molar-refractivity contribution in [1.29, 1.82) is 0 Å². The molecule has 0 aliphatic carbocycles. The summed E-state index contributed by atoms with van der Waals surface area (Å²) in [5.41, 5.74) is 0. The van der Waals surface area contributed by atoms with Gasteiger partial charge in [-0.25, -0.2) is 9.13 Å². The van der Waals surface area contributed by atoms with Gasteiger partial charge < -0.3 is 33.8 Å². The number of hydrogen-bond acceptors (Lipinski definition) is 15. The third kappa shape index (κ3) is 68.3. The van der Waals surface area contributed by atoms with Crippen molar-refractivity contribution in [3.05, 3.63) is 109 Å². The first-order valence-corrected chi connectivity index (χ1v) is 40.1. The molecule has 0 fully saturated rings. The summed E-state index contributed by atoms with van der Waals surface area (Å²) in [6.07, 6.45) is 72.3. The van der Waals surface area contributed by atoms with Crippen LogP contribution in [0.5, 0.6) is 0 Å². The summed E-state index contributed by atoms with van der Waals surface area (Å²) in [7, 11) is -9.96. The molecule has 3 N–H and O–H groups in total. The largest absolute Gasteiger partial charge is 0.472 e. The van der Waals surface area contributed by atoms with Gasteiger partial charge in [0.05, 0.1) is 26.4 Å². The van der Waals surface area contributed by atoms with Crippen molar-refractivity contribution >= 4 is 39.5 Å². The van der Waals surface area contributed by atoms with Gasteiger partial charge in [-0.3, -0.25) is 37.3 Å². The molecule has 0 aliphatic heterocycles. The average Bonchev–Trinajstić information content (AvgIpc) is 1.09. The number of rotatable bonds is 69. The molecule has 0 radical (unpaired) electrons. The first-order valence-electron chi connectivity index (χ1n) is 37.1. The molecule has 5 atom stereocenters. The number of hydrogen-bond donors (Lipinski definition) is 3. The molecule has 0 saturated carbocycles. The Kier molecular flexibility index (Phi) is 66.1. The van der Waals surface area contributed by atoms with Crippen molar-refractivity contribution in [1.82, 2.24) is 0 Å². The molecule has 5 unspecified atom stereocenters. The van der Waals surface area contributed by atoms with Gasteiger partial charge in [0, 0.05) is 25.7 Å². The van der Waals surface area contributed by atoms with E-state index in [0.29, 0.717) is 25.7 Å². The number of phosphoric acid groups is 2. The monoisotopic (exact) mass is 1390 g/mol. The van der Waals surface area contributed by atoms with Gasteiger partial charge >= 0.3 is 39.5 Å². The van der Waals surface area contributed by atoms with Crippen molar-refractivity contribution in [2.45, 2.75) is 316 Å². The maximum absolute atomic E-state index is 13.1. The molecule has 0 heterocycles. The van der Waals surface area contributed by atoms with Crippen LogP contribution in [0.25, 0.3) is 0 Å². The van der Waals surface area contributed by atoms with Crippen molar-refractivity contribution in [2.75, 3.05) is 39.6 Å². The summed E-state index contributed by atoms with van der Waals surface area (Å²) in [5, 5.41) is 10.6. The van der Waals surface area contributed by atoms with Gasteiger partial charge in [-0.15, -0.1) is 0 Å². The Labute approximate surface area is 581 Å². The maximum atomic E-state index is 13.1. The van der Waals surface area contributed by atoms with Crippen LogP contribution in [-0.4, -0.2) is 96.7 Å². The normalized spacial score (nSPS) is 14.6. The zero-order chi connectivity index (χ0) is 70.4. The molecular formula is C77H132O17P2. The molecule has 0 bridgehead atoms. The fraction of sp³-hybridized carbons (Fsp3) is 0.714. The van der Waals surface area contributed by atoms with E-state index in [1.807, 2.05) is 0 Å². The molecular weight excluding hydrogens is 1260 g/mol. The number of aliphatic hydroxyl groups is 1. The van der Waals surface area contributed by atoms with Crippen LogP contribution >= 0.6 is 15.6 Å². The van der Waals surface area contributed by atoms with Crippen LogP contribution in [0, 0.1) is 0 Å². The molecule has 0 rings (SSSR count). The molecule has 0 aromatic heterocycles. The minimum absolute atomic E-state index is 0.0736. The van der Waals surface area contributed by atoms with Crippen LogP contribution < -0.4 is 0 Å². The van der Waals surface area contributed by atoms with Crippen LogP contribution in [-0.2, 0) is 65.4 Å². The SMILES string of the molecule is CC/C=C\C/C=C\C/C=C\CCCCCCCC(=O)OCC(COP(=O)(O)OCC(O)COP(=O)(O)OCC(COC(=O)CCCCCCC/C=C\C/C=C\C/C=C\CC)OC(=O)CCCCCCC/C=C\CCCC)OC(=O)CCCCCCC/C=C\C/C=C\CCCCC. The van der Waals surface area contributed by atoms with E-state index in [-0.39, 0.29) is 25.7 Å². The third-order valence-corrected chi connectivity index (χ3v) is 17.1. The molecule has 0 spiro atoms. The molecule has 0 amide bonds. The Bertz CT molecular complexity index is 2250. The first-order chi connectivity index (χ1) is 46.7. The Morgan fingerprint density at radius 3 is 0.875 bits per heavy atom. The Hall–Kier alpha value is -4.28. The van der Waals surface area contributed by atoms with E-state index in [9.17, 15) is 43.2 Å². The summed E-state index contributed by atoms with van der Waals surface area (Å²) in [4.78, 5) is 72.7. The van der Waals surface area contributed by atoms with Crippen LogP contribution in [0.1, 0.15) is 297 Å². The number of carbonyl (C=O) groups excluding carboxylic acids is 4. The highest BCUT2D eigenvalue weighted by Gasteiger charge is 2.30. The number of allylic oxidation sites excluding steroid dienone is 18. The molecule has 552 valence electrons. The second-order valence-electron chi connectivity index (χ2n) is 24.5. The molecule has 19 heteroatoms. The van der Waals surface area contributed by atoms with Gasteiger partial charge in [0.2, 0.25) is 0 Å². The number of esters is 4. The lowest BCUT2D eigenvalue weighted by Gasteiger charge is -2.21. The van der Waals surface area contributed by atoms with Gasteiger partial charge in [-0.1, -0.05) is 240 Å². The van der Waals surface area contributed by atoms with E-state index in [4.69, 9.17) is 37.0 Å². The Balaban J connectivity index is 5.36. The van der Waals surface area contributed by atoms with Crippen molar-refractivity contribution in [2.24, 2.45) is 0 Å². The van der Waals surface area contributed by atoms with Crippen LogP contribution in [0.4, 0.5) is 0 Å². The minimum atomic E-state index is -4.98. The van der Waals surface area contributed by atoms with Crippen molar-refractivity contribution < 1.29 is 80.2 Å². The molecule has 0 aromatic rings. The summed E-state index contributed by atoms with van der Waals surface area (Å²) < 4.78 is 68.3. The summed E-state index contributed by atoms with van der Waals surface area (Å²) in [5.74, 6) is -2.23. The molecule has 96 heavy (non-hydrogen) atoms. The highest BCUT2D eigenvalue weighted by Crippen LogP contribution is 2.45. The van der Waals surface area contributed by atoms with E-state index in [1.54, 1.807) is 0 Å². The summed E-state index contributed by atoms with van der Waals surface area (Å²) >= 11 is 0. The predicted octanol–water partition coefficient (Wildman–Crippen LogP) is 21.0. The molecule has 0 aliphatic rings. The topological polar surface area (TPSA) is 237 Å². The van der Waals surface area contributed by atoms with Gasteiger partial charge in [0.1, 0.15) is 19.3 Å². The van der Waals surface area contributed by atoms with E-state index in [0.717, 1.165) is 186 Å².